The van der Waals surface area contributed by atoms with Gasteiger partial charge in [0.15, 0.2) is 0 Å². The maximum Gasteiger partial charge on any atom is 0.345 e. The lowest BCUT2D eigenvalue weighted by atomic mass is 10.0. The van der Waals surface area contributed by atoms with Crippen LogP contribution in [0.5, 0.6) is 0 Å². The van der Waals surface area contributed by atoms with Crippen molar-refractivity contribution in [3.8, 4) is 0 Å². The van der Waals surface area contributed by atoms with Crippen LogP contribution in [0.15, 0.2) is 0 Å². The predicted molar refractivity (Wildman–Crippen MR) is 92.6 cm³/mol. The van der Waals surface area contributed by atoms with E-state index in [0.717, 1.165) is 26.1 Å². The van der Waals surface area contributed by atoms with Crippen molar-refractivity contribution in [2.45, 2.75) is 43.4 Å². The topological polar surface area (TPSA) is 95.6 Å². The van der Waals surface area contributed by atoms with Crippen molar-refractivity contribution in [2.24, 2.45) is 0 Å². The normalized spacial score (nSPS) is 34.7. The first-order chi connectivity index (χ1) is 12.7. The van der Waals surface area contributed by atoms with Crippen LogP contribution in [-0.4, -0.2) is 90.5 Å². The molecule has 4 aliphatic heterocycles. The molecule has 146 valence electrons. The van der Waals surface area contributed by atoms with Crippen LogP contribution in [0.3, 0.4) is 0 Å². The van der Waals surface area contributed by atoms with Crippen molar-refractivity contribution in [2.75, 3.05) is 39.6 Å². The van der Waals surface area contributed by atoms with Crippen LogP contribution >= 0.6 is 12.9 Å². The number of rotatable bonds is 6. The fraction of sp³-hybridized carbons (Fsp3) is 0.867. The van der Waals surface area contributed by atoms with E-state index >= 15 is 0 Å². The Morgan fingerprint density at radius 2 is 2.27 bits per heavy atom. The van der Waals surface area contributed by atoms with Crippen molar-refractivity contribution in [3.63, 3.8) is 0 Å². The highest BCUT2D eigenvalue weighted by atomic mass is 32.1. The van der Waals surface area contributed by atoms with E-state index in [4.69, 9.17) is 13.9 Å². The van der Waals surface area contributed by atoms with E-state index in [1.807, 2.05) is 0 Å². The molecule has 4 fully saturated rings. The number of nitrogens with zero attached hydrogens (tertiary/aromatic N) is 3. The first-order valence-corrected chi connectivity index (χ1v) is 9.42. The number of nitrogens with one attached hydrogen (secondary N) is 2. The summed E-state index contributed by atoms with van der Waals surface area (Å²) in [4.78, 5) is 33.9. The van der Waals surface area contributed by atoms with Gasteiger partial charge >= 0.3 is 6.03 Å². The molecule has 0 saturated carbocycles. The molecule has 0 aliphatic carbocycles. The van der Waals surface area contributed by atoms with Crippen LogP contribution in [-0.2, 0) is 18.7 Å². The van der Waals surface area contributed by atoms with Crippen molar-refractivity contribution in [1.29, 1.82) is 0 Å². The van der Waals surface area contributed by atoms with Crippen molar-refractivity contribution in [3.05, 3.63) is 0 Å². The van der Waals surface area contributed by atoms with Gasteiger partial charge in [0, 0.05) is 44.6 Å². The Labute approximate surface area is 157 Å². The van der Waals surface area contributed by atoms with Gasteiger partial charge in [0.2, 0.25) is 0 Å². The predicted octanol–water partition coefficient (Wildman–Crippen LogP) is -0.901. The van der Waals surface area contributed by atoms with E-state index in [-0.39, 0.29) is 24.0 Å². The number of amides is 3. The lowest BCUT2D eigenvalue weighted by molar-refractivity contribution is -0.139. The number of piperidine rings is 1. The Morgan fingerprint density at radius 3 is 3.04 bits per heavy atom. The number of fused-ring (bicyclic) bond motifs is 2. The van der Waals surface area contributed by atoms with Crippen LogP contribution < -0.4 is 10.8 Å². The number of carbonyl (C=O) groups excluding carboxylic acids is 2. The van der Waals surface area contributed by atoms with Gasteiger partial charge in [-0.1, -0.05) is 0 Å². The summed E-state index contributed by atoms with van der Waals surface area (Å²) in [5.74, 6) is -0.291. The van der Waals surface area contributed by atoms with Crippen LogP contribution in [0.25, 0.3) is 0 Å². The molecule has 11 heteroatoms. The summed E-state index contributed by atoms with van der Waals surface area (Å²) >= 11 is 3.72. The minimum atomic E-state index is -0.529. The summed E-state index contributed by atoms with van der Waals surface area (Å²) < 4.78 is 10.2. The Hall–Kier alpha value is -1.11. The summed E-state index contributed by atoms with van der Waals surface area (Å²) in [5.41, 5.74) is 2.51. The van der Waals surface area contributed by atoms with Crippen molar-refractivity contribution < 1.29 is 23.4 Å². The number of hydrogen-bond donors (Lipinski definition) is 3. The van der Waals surface area contributed by atoms with Gasteiger partial charge in [0.1, 0.15) is 6.04 Å². The molecule has 0 radical (unpaired) electrons. The van der Waals surface area contributed by atoms with Gasteiger partial charge in [0.05, 0.1) is 26.0 Å². The molecule has 2 bridgehead atoms. The van der Waals surface area contributed by atoms with Gasteiger partial charge in [-0.15, -0.1) is 0 Å². The highest BCUT2D eigenvalue weighted by molar-refractivity contribution is 7.75. The summed E-state index contributed by atoms with van der Waals surface area (Å²) in [6.45, 7) is 4.22. The van der Waals surface area contributed by atoms with Crippen LogP contribution in [0.4, 0.5) is 4.79 Å². The Morgan fingerprint density at radius 1 is 1.38 bits per heavy atom. The fourth-order valence-electron chi connectivity index (χ4n) is 4.21. The molecule has 2 N–H and O–H groups in total. The van der Waals surface area contributed by atoms with E-state index in [1.165, 1.54) is 9.96 Å². The van der Waals surface area contributed by atoms with E-state index in [2.05, 4.69) is 28.6 Å². The second kappa shape index (κ2) is 7.87. The maximum atomic E-state index is 12.4. The summed E-state index contributed by atoms with van der Waals surface area (Å²) in [6, 6.07) is -0.252. The molecule has 4 aliphatic rings. The SMILES string of the molecule is O=C(NOC[C@H]1C[C@@H](N2CCOC2)CN1)C1CCC2CN1C(=O)N2OS. The van der Waals surface area contributed by atoms with Gasteiger partial charge < -0.3 is 15.0 Å². The number of urea groups is 1. The number of hydroxylamine groups is 3. The second-order valence-corrected chi connectivity index (χ2v) is 7.37. The molecular formula is C15H25N5O5S. The van der Waals surface area contributed by atoms with Crippen LogP contribution in [0.2, 0.25) is 0 Å². The number of hydrogen-bond acceptors (Lipinski definition) is 8. The molecule has 26 heavy (non-hydrogen) atoms. The zero-order chi connectivity index (χ0) is 18.1. The van der Waals surface area contributed by atoms with E-state index in [1.54, 1.807) is 0 Å². The Balaban J connectivity index is 1.21. The highest BCUT2D eigenvalue weighted by Crippen LogP contribution is 2.30. The molecule has 4 heterocycles. The molecule has 0 aromatic carbocycles. The smallest absolute Gasteiger partial charge is 0.345 e. The number of carbonyl (C=O) groups is 2. The number of ether oxygens (including phenoxy) is 1. The molecule has 2 unspecified atom stereocenters. The fourth-order valence-corrected chi connectivity index (χ4v) is 4.42. The first kappa shape index (κ1) is 18.3. The number of thiol groups is 1. The van der Waals surface area contributed by atoms with Gasteiger partial charge in [-0.05, 0) is 19.3 Å². The van der Waals surface area contributed by atoms with Crippen LogP contribution in [0, 0.1) is 0 Å². The standard InChI is InChI=1S/C15H25N5O5S/c21-14(13-2-1-11-7-19(13)15(22)20(11)25-26)17-24-8-10-5-12(6-16-10)18-3-4-23-9-18/h10-13,16,26H,1-9H2,(H,17,21)/t10-,11?,12-,13?/m1/s1. The minimum Gasteiger partial charge on any atom is -0.365 e. The third kappa shape index (κ3) is 3.51. The molecule has 4 rings (SSSR count). The lowest BCUT2D eigenvalue weighted by Gasteiger charge is -2.29. The molecule has 0 aromatic heterocycles. The van der Waals surface area contributed by atoms with Gasteiger partial charge in [0.25, 0.3) is 5.91 Å². The quantitative estimate of drug-likeness (QED) is 0.309. The highest BCUT2D eigenvalue weighted by Gasteiger charge is 2.48. The van der Waals surface area contributed by atoms with E-state index in [9.17, 15) is 9.59 Å². The third-order valence-corrected chi connectivity index (χ3v) is 5.84. The Bertz CT molecular complexity index is 549. The molecule has 10 nitrogen and oxygen atoms in total. The second-order valence-electron chi connectivity index (χ2n) is 7.21. The summed E-state index contributed by atoms with van der Waals surface area (Å²) in [5, 5.41) is 4.64. The van der Waals surface area contributed by atoms with Crippen LogP contribution in [0.1, 0.15) is 19.3 Å². The molecule has 4 atom stereocenters. The zero-order valence-electron chi connectivity index (χ0n) is 14.5. The molecular weight excluding hydrogens is 362 g/mol. The minimum absolute atomic E-state index is 0.0424. The molecule has 4 saturated heterocycles. The van der Waals surface area contributed by atoms with Crippen molar-refractivity contribution in [1.82, 2.24) is 25.7 Å². The molecule has 3 amide bonds. The molecule has 0 spiro atoms. The molecule has 0 aromatic rings. The van der Waals surface area contributed by atoms with E-state index < -0.39 is 6.04 Å². The Kier molecular flexibility index (Phi) is 5.53. The zero-order valence-corrected chi connectivity index (χ0v) is 15.4. The van der Waals surface area contributed by atoms with Gasteiger partial charge in [-0.3, -0.25) is 14.5 Å². The monoisotopic (exact) mass is 387 g/mol. The average Bonchev–Trinajstić information content (AvgIpc) is 3.37. The van der Waals surface area contributed by atoms with Gasteiger partial charge in [-0.2, -0.15) is 5.06 Å². The maximum absolute atomic E-state index is 12.4. The third-order valence-electron chi connectivity index (χ3n) is 5.67. The van der Waals surface area contributed by atoms with Gasteiger partial charge in [-0.25, -0.2) is 14.6 Å². The first-order valence-electron chi connectivity index (χ1n) is 9.05. The van der Waals surface area contributed by atoms with Crippen molar-refractivity contribution >= 4 is 24.8 Å². The largest absolute Gasteiger partial charge is 0.365 e. The lowest BCUT2D eigenvalue weighted by Crippen LogP contribution is -2.50. The summed E-state index contributed by atoms with van der Waals surface area (Å²) in [7, 11) is 0. The summed E-state index contributed by atoms with van der Waals surface area (Å²) in [6.07, 6.45) is 2.24. The van der Waals surface area contributed by atoms with E-state index in [0.29, 0.717) is 38.8 Å². The average molecular weight is 387 g/mol.